The zero-order valence-electron chi connectivity index (χ0n) is 20.1. The number of hydrogen-bond acceptors (Lipinski definition) is 0. The van der Waals surface area contributed by atoms with E-state index in [1.165, 1.54) is 65.3 Å². The summed E-state index contributed by atoms with van der Waals surface area (Å²) >= 11 is 0. The van der Waals surface area contributed by atoms with E-state index in [0.717, 1.165) is 12.8 Å². The molecule has 7 aromatic carbocycles. The van der Waals surface area contributed by atoms with Crippen molar-refractivity contribution >= 4 is 43.1 Å². The van der Waals surface area contributed by atoms with Crippen LogP contribution in [0.3, 0.4) is 0 Å². The van der Waals surface area contributed by atoms with Crippen molar-refractivity contribution in [3.8, 4) is 0 Å². The minimum absolute atomic E-state index is 0.913. The largest absolute Gasteiger partial charge is 0.0622 e. The summed E-state index contributed by atoms with van der Waals surface area (Å²) in [4.78, 5) is 0. The van der Waals surface area contributed by atoms with Gasteiger partial charge < -0.3 is 0 Å². The highest BCUT2D eigenvalue weighted by Gasteiger charge is 2.17. The SMILES string of the molecule is c1ccc(Cc2c3cc4ccccc4cc3c(Cc3ccccc3)c3cc4ccccc4cc23)cc1. The average molecular weight is 459 g/mol. The monoisotopic (exact) mass is 458 g/mol. The minimum Gasteiger partial charge on any atom is -0.0622 e. The molecule has 36 heavy (non-hydrogen) atoms. The summed E-state index contributed by atoms with van der Waals surface area (Å²) in [6.45, 7) is 0. The molecule has 0 heteroatoms. The summed E-state index contributed by atoms with van der Waals surface area (Å²) in [7, 11) is 0. The van der Waals surface area contributed by atoms with Gasteiger partial charge in [-0.15, -0.1) is 0 Å². The lowest BCUT2D eigenvalue weighted by atomic mass is 9.84. The molecule has 7 rings (SSSR count). The summed E-state index contributed by atoms with van der Waals surface area (Å²) in [6, 6.07) is 49.0. The Hall–Kier alpha value is -4.42. The Balaban J connectivity index is 1.64. The van der Waals surface area contributed by atoms with Crippen LogP contribution in [0.4, 0.5) is 0 Å². The van der Waals surface area contributed by atoms with Crippen LogP contribution in [0.1, 0.15) is 22.3 Å². The van der Waals surface area contributed by atoms with Gasteiger partial charge in [0, 0.05) is 0 Å². The molecule has 0 aromatic heterocycles. The van der Waals surface area contributed by atoms with E-state index in [-0.39, 0.29) is 0 Å². The van der Waals surface area contributed by atoms with Gasteiger partial charge in [0.15, 0.2) is 0 Å². The molecule has 0 saturated carbocycles. The highest BCUT2D eigenvalue weighted by molar-refractivity contribution is 6.13. The average Bonchev–Trinajstić information content (AvgIpc) is 2.94. The number of benzene rings is 7. The molecule has 0 spiro atoms. The molecule has 0 atom stereocenters. The Morgan fingerprint density at radius 3 is 0.889 bits per heavy atom. The van der Waals surface area contributed by atoms with Gasteiger partial charge in [0.05, 0.1) is 0 Å². The van der Waals surface area contributed by atoms with E-state index in [4.69, 9.17) is 0 Å². The maximum Gasteiger partial charge on any atom is -0.00134 e. The van der Waals surface area contributed by atoms with Crippen LogP contribution in [0.25, 0.3) is 43.1 Å². The van der Waals surface area contributed by atoms with E-state index in [1.807, 2.05) is 0 Å². The van der Waals surface area contributed by atoms with Gasteiger partial charge in [0.2, 0.25) is 0 Å². The predicted molar refractivity (Wildman–Crippen MR) is 155 cm³/mol. The zero-order valence-corrected chi connectivity index (χ0v) is 20.1. The van der Waals surface area contributed by atoms with Gasteiger partial charge in [-0.25, -0.2) is 0 Å². The van der Waals surface area contributed by atoms with E-state index in [0.29, 0.717) is 0 Å². The molecule has 0 saturated heterocycles. The number of fused-ring (bicyclic) bond motifs is 4. The van der Waals surface area contributed by atoms with Crippen molar-refractivity contribution in [2.75, 3.05) is 0 Å². The van der Waals surface area contributed by atoms with E-state index in [2.05, 4.69) is 133 Å². The maximum absolute atomic E-state index is 2.42. The molecular weight excluding hydrogens is 432 g/mol. The third-order valence-electron chi connectivity index (χ3n) is 7.52. The van der Waals surface area contributed by atoms with Crippen molar-refractivity contribution < 1.29 is 0 Å². The van der Waals surface area contributed by atoms with E-state index in [1.54, 1.807) is 0 Å². The standard InChI is InChI=1S/C36H26/c1-3-11-25(12-4-1)19-31-33-21-27-15-7-9-17-29(27)23-35(33)32(20-26-13-5-2-6-14-26)36-24-30-18-10-8-16-28(30)22-34(31)36/h1-18,21-24H,19-20H2. The first-order chi connectivity index (χ1) is 17.8. The van der Waals surface area contributed by atoms with Gasteiger partial charge >= 0.3 is 0 Å². The van der Waals surface area contributed by atoms with Crippen LogP contribution >= 0.6 is 0 Å². The zero-order chi connectivity index (χ0) is 23.9. The van der Waals surface area contributed by atoms with Crippen LogP contribution in [0, 0.1) is 0 Å². The topological polar surface area (TPSA) is 0 Å². The molecule has 0 nitrogen and oxygen atoms in total. The molecule has 0 amide bonds. The first kappa shape index (κ1) is 20.9. The van der Waals surface area contributed by atoms with Crippen LogP contribution in [-0.2, 0) is 12.8 Å². The maximum atomic E-state index is 2.42. The molecule has 170 valence electrons. The lowest BCUT2D eigenvalue weighted by Gasteiger charge is -2.19. The second kappa shape index (κ2) is 8.66. The van der Waals surface area contributed by atoms with Gasteiger partial charge in [0.1, 0.15) is 0 Å². The first-order valence-corrected chi connectivity index (χ1v) is 12.7. The molecule has 7 aromatic rings. The van der Waals surface area contributed by atoms with Gasteiger partial charge in [-0.1, -0.05) is 109 Å². The van der Waals surface area contributed by atoms with Gasteiger partial charge in [0.25, 0.3) is 0 Å². The Bertz CT molecular complexity index is 1630. The normalized spacial score (nSPS) is 11.6. The Labute approximate surface area is 211 Å². The number of rotatable bonds is 4. The molecule has 0 radical (unpaired) electrons. The highest BCUT2D eigenvalue weighted by Crippen LogP contribution is 2.39. The quantitative estimate of drug-likeness (QED) is 0.230. The second-order valence-electron chi connectivity index (χ2n) is 9.77. The van der Waals surface area contributed by atoms with Crippen LogP contribution in [0.15, 0.2) is 133 Å². The fourth-order valence-electron chi connectivity index (χ4n) is 5.75. The summed E-state index contributed by atoms with van der Waals surface area (Å²) in [6.07, 6.45) is 1.83. The van der Waals surface area contributed by atoms with Crippen molar-refractivity contribution in [1.29, 1.82) is 0 Å². The summed E-state index contributed by atoms with van der Waals surface area (Å²) in [5.41, 5.74) is 5.52. The summed E-state index contributed by atoms with van der Waals surface area (Å²) in [5, 5.41) is 10.7. The molecule has 0 aliphatic carbocycles. The fourth-order valence-corrected chi connectivity index (χ4v) is 5.75. The van der Waals surface area contributed by atoms with E-state index < -0.39 is 0 Å². The molecule has 0 N–H and O–H groups in total. The Kier molecular flexibility index (Phi) is 5.03. The molecule has 0 fully saturated rings. The van der Waals surface area contributed by atoms with Crippen molar-refractivity contribution in [2.24, 2.45) is 0 Å². The molecule has 0 heterocycles. The third-order valence-corrected chi connectivity index (χ3v) is 7.52. The van der Waals surface area contributed by atoms with Crippen LogP contribution < -0.4 is 0 Å². The van der Waals surface area contributed by atoms with Crippen molar-refractivity contribution in [1.82, 2.24) is 0 Å². The molecule has 0 aliphatic rings. The van der Waals surface area contributed by atoms with Crippen LogP contribution in [0.5, 0.6) is 0 Å². The minimum atomic E-state index is 0.913. The summed E-state index contributed by atoms with van der Waals surface area (Å²) < 4.78 is 0. The van der Waals surface area contributed by atoms with E-state index >= 15 is 0 Å². The van der Waals surface area contributed by atoms with E-state index in [9.17, 15) is 0 Å². The van der Waals surface area contributed by atoms with Crippen LogP contribution in [0.2, 0.25) is 0 Å². The Morgan fingerprint density at radius 1 is 0.306 bits per heavy atom. The van der Waals surface area contributed by atoms with Crippen LogP contribution in [-0.4, -0.2) is 0 Å². The molecule has 0 bridgehead atoms. The predicted octanol–water partition coefficient (Wildman–Crippen LogP) is 9.48. The number of hydrogen-bond donors (Lipinski definition) is 0. The molecular formula is C36H26. The van der Waals surface area contributed by atoms with Crippen molar-refractivity contribution in [3.63, 3.8) is 0 Å². The summed E-state index contributed by atoms with van der Waals surface area (Å²) in [5.74, 6) is 0. The Morgan fingerprint density at radius 2 is 0.583 bits per heavy atom. The highest BCUT2D eigenvalue weighted by atomic mass is 14.2. The first-order valence-electron chi connectivity index (χ1n) is 12.7. The van der Waals surface area contributed by atoms with Crippen molar-refractivity contribution in [2.45, 2.75) is 12.8 Å². The lowest BCUT2D eigenvalue weighted by Crippen LogP contribution is -1.99. The molecule has 0 unspecified atom stereocenters. The fraction of sp³-hybridized carbons (Fsp3) is 0.0556. The molecule has 0 aliphatic heterocycles. The smallest absolute Gasteiger partial charge is 0.00134 e. The lowest BCUT2D eigenvalue weighted by molar-refractivity contribution is 1.21. The van der Waals surface area contributed by atoms with Gasteiger partial charge in [-0.2, -0.15) is 0 Å². The van der Waals surface area contributed by atoms with Crippen molar-refractivity contribution in [3.05, 3.63) is 156 Å². The van der Waals surface area contributed by atoms with Gasteiger partial charge in [-0.05, 0) is 102 Å². The van der Waals surface area contributed by atoms with Gasteiger partial charge in [-0.3, -0.25) is 0 Å². The third kappa shape index (κ3) is 3.63. The second-order valence-corrected chi connectivity index (χ2v) is 9.77.